The number of carbonyl (C=O) groups is 1. The SMILES string of the molecule is O=Cc1sccc1CCN1CCOCC1. The number of nitrogens with zero attached hydrogens (tertiary/aromatic N) is 1. The van der Waals surface area contributed by atoms with Crippen LogP contribution in [0.3, 0.4) is 0 Å². The molecule has 0 saturated carbocycles. The first-order valence-corrected chi connectivity index (χ1v) is 6.10. The summed E-state index contributed by atoms with van der Waals surface area (Å²) < 4.78 is 5.29. The first kappa shape index (κ1) is 10.8. The Kier molecular flexibility index (Phi) is 3.88. The molecule has 1 aromatic rings. The Labute approximate surface area is 93.7 Å². The Morgan fingerprint density at radius 2 is 2.27 bits per heavy atom. The summed E-state index contributed by atoms with van der Waals surface area (Å²) in [6.45, 7) is 4.73. The summed E-state index contributed by atoms with van der Waals surface area (Å²) in [5.41, 5.74) is 1.18. The van der Waals surface area contributed by atoms with Gasteiger partial charge in [-0.1, -0.05) is 0 Å². The zero-order valence-electron chi connectivity index (χ0n) is 8.65. The summed E-state index contributed by atoms with van der Waals surface area (Å²) in [5, 5.41) is 1.98. The number of thiophene rings is 1. The Hall–Kier alpha value is -0.710. The molecule has 1 aliphatic rings. The van der Waals surface area contributed by atoms with Crippen LogP contribution in [0.5, 0.6) is 0 Å². The van der Waals surface area contributed by atoms with Crippen LogP contribution in [0, 0.1) is 0 Å². The van der Waals surface area contributed by atoms with Gasteiger partial charge < -0.3 is 4.74 Å². The largest absolute Gasteiger partial charge is 0.379 e. The molecule has 4 heteroatoms. The topological polar surface area (TPSA) is 29.5 Å². The van der Waals surface area contributed by atoms with Gasteiger partial charge in [-0.05, 0) is 23.4 Å². The van der Waals surface area contributed by atoms with E-state index >= 15 is 0 Å². The molecule has 1 saturated heterocycles. The Morgan fingerprint density at radius 3 is 3.00 bits per heavy atom. The van der Waals surface area contributed by atoms with Gasteiger partial charge in [0.25, 0.3) is 0 Å². The minimum absolute atomic E-state index is 0.837. The predicted molar refractivity (Wildman–Crippen MR) is 60.7 cm³/mol. The quantitative estimate of drug-likeness (QED) is 0.726. The van der Waals surface area contributed by atoms with Crippen LogP contribution < -0.4 is 0 Å². The Bertz CT molecular complexity index is 318. The normalized spacial score (nSPS) is 17.9. The summed E-state index contributed by atoms with van der Waals surface area (Å²) in [4.78, 5) is 14.0. The zero-order chi connectivity index (χ0) is 10.5. The second-order valence-corrected chi connectivity index (χ2v) is 4.58. The molecule has 2 heterocycles. The molecule has 0 atom stereocenters. The monoisotopic (exact) mass is 225 g/mol. The molecule has 0 radical (unpaired) electrons. The number of hydrogen-bond acceptors (Lipinski definition) is 4. The molecule has 2 rings (SSSR count). The van der Waals surface area contributed by atoms with Gasteiger partial charge in [0.2, 0.25) is 0 Å². The first-order chi connectivity index (χ1) is 7.40. The van der Waals surface area contributed by atoms with Crippen LogP contribution in [-0.2, 0) is 11.2 Å². The highest BCUT2D eigenvalue weighted by molar-refractivity contribution is 7.11. The van der Waals surface area contributed by atoms with E-state index in [2.05, 4.69) is 11.0 Å². The summed E-state index contributed by atoms with van der Waals surface area (Å²) in [5.74, 6) is 0. The molecular formula is C11H15NO2S. The number of aldehydes is 1. The number of carbonyl (C=O) groups excluding carboxylic acids is 1. The Balaban J connectivity index is 1.84. The molecule has 0 amide bonds. The number of morpholine rings is 1. The van der Waals surface area contributed by atoms with Crippen LogP contribution in [0.1, 0.15) is 15.2 Å². The van der Waals surface area contributed by atoms with Crippen molar-refractivity contribution in [3.8, 4) is 0 Å². The van der Waals surface area contributed by atoms with Crippen molar-refractivity contribution in [3.63, 3.8) is 0 Å². The lowest BCUT2D eigenvalue weighted by molar-refractivity contribution is 0.0384. The van der Waals surface area contributed by atoms with E-state index in [0.29, 0.717) is 0 Å². The molecule has 0 aromatic carbocycles. The second-order valence-electron chi connectivity index (χ2n) is 3.63. The van der Waals surface area contributed by atoms with Crippen molar-refractivity contribution >= 4 is 17.6 Å². The van der Waals surface area contributed by atoms with Crippen molar-refractivity contribution < 1.29 is 9.53 Å². The zero-order valence-corrected chi connectivity index (χ0v) is 9.46. The fourth-order valence-corrected chi connectivity index (χ4v) is 2.52. The lowest BCUT2D eigenvalue weighted by Crippen LogP contribution is -2.37. The van der Waals surface area contributed by atoms with Crippen molar-refractivity contribution in [1.82, 2.24) is 4.90 Å². The molecule has 82 valence electrons. The lowest BCUT2D eigenvalue weighted by atomic mass is 10.2. The molecule has 3 nitrogen and oxygen atoms in total. The van der Waals surface area contributed by atoms with Crippen LogP contribution in [-0.4, -0.2) is 44.0 Å². The van der Waals surface area contributed by atoms with E-state index in [4.69, 9.17) is 4.74 Å². The van der Waals surface area contributed by atoms with E-state index < -0.39 is 0 Å². The highest BCUT2D eigenvalue weighted by Crippen LogP contribution is 2.15. The Morgan fingerprint density at radius 1 is 1.47 bits per heavy atom. The number of rotatable bonds is 4. The lowest BCUT2D eigenvalue weighted by Gasteiger charge is -2.26. The predicted octanol–water partition coefficient (Wildman–Crippen LogP) is 1.44. The van der Waals surface area contributed by atoms with Gasteiger partial charge in [0.15, 0.2) is 6.29 Å². The van der Waals surface area contributed by atoms with Crippen molar-refractivity contribution in [2.45, 2.75) is 6.42 Å². The highest BCUT2D eigenvalue weighted by Gasteiger charge is 2.11. The summed E-state index contributed by atoms with van der Waals surface area (Å²) >= 11 is 1.52. The van der Waals surface area contributed by atoms with Crippen LogP contribution in [0.15, 0.2) is 11.4 Å². The minimum atomic E-state index is 0.837. The van der Waals surface area contributed by atoms with Crippen LogP contribution >= 0.6 is 11.3 Å². The fourth-order valence-electron chi connectivity index (χ4n) is 1.76. The van der Waals surface area contributed by atoms with Gasteiger partial charge >= 0.3 is 0 Å². The molecule has 1 aliphatic heterocycles. The molecule has 0 bridgehead atoms. The third kappa shape index (κ3) is 2.87. The fraction of sp³-hybridized carbons (Fsp3) is 0.545. The maximum Gasteiger partial charge on any atom is 0.160 e. The van der Waals surface area contributed by atoms with Gasteiger partial charge in [0.1, 0.15) is 0 Å². The maximum atomic E-state index is 10.7. The highest BCUT2D eigenvalue weighted by atomic mass is 32.1. The maximum absolute atomic E-state index is 10.7. The van der Waals surface area contributed by atoms with E-state index in [1.165, 1.54) is 16.9 Å². The van der Waals surface area contributed by atoms with Gasteiger partial charge in [0.05, 0.1) is 18.1 Å². The van der Waals surface area contributed by atoms with E-state index in [9.17, 15) is 4.79 Å². The third-order valence-corrected chi connectivity index (χ3v) is 3.57. The third-order valence-electron chi connectivity index (χ3n) is 2.69. The van der Waals surface area contributed by atoms with Gasteiger partial charge in [-0.25, -0.2) is 0 Å². The van der Waals surface area contributed by atoms with E-state index in [1.807, 2.05) is 5.38 Å². The average Bonchev–Trinajstić information content (AvgIpc) is 2.75. The van der Waals surface area contributed by atoms with Gasteiger partial charge in [-0.2, -0.15) is 0 Å². The molecule has 15 heavy (non-hydrogen) atoms. The van der Waals surface area contributed by atoms with Crippen molar-refractivity contribution in [2.24, 2.45) is 0 Å². The van der Waals surface area contributed by atoms with Crippen molar-refractivity contribution in [2.75, 3.05) is 32.8 Å². The summed E-state index contributed by atoms with van der Waals surface area (Å²) in [7, 11) is 0. The van der Waals surface area contributed by atoms with E-state index in [0.717, 1.165) is 50.4 Å². The van der Waals surface area contributed by atoms with Gasteiger partial charge in [-0.15, -0.1) is 11.3 Å². The molecule has 1 fully saturated rings. The standard InChI is InChI=1S/C11H15NO2S/c13-9-11-10(2-8-15-11)1-3-12-4-6-14-7-5-12/h2,8-9H,1,3-7H2. The van der Waals surface area contributed by atoms with Crippen LogP contribution in [0.2, 0.25) is 0 Å². The molecule has 0 N–H and O–H groups in total. The van der Waals surface area contributed by atoms with E-state index in [1.54, 1.807) is 0 Å². The van der Waals surface area contributed by atoms with Crippen LogP contribution in [0.25, 0.3) is 0 Å². The van der Waals surface area contributed by atoms with Gasteiger partial charge in [0, 0.05) is 19.6 Å². The summed E-state index contributed by atoms with van der Waals surface area (Å²) in [6.07, 6.45) is 1.93. The molecular weight excluding hydrogens is 210 g/mol. The van der Waals surface area contributed by atoms with Crippen molar-refractivity contribution in [3.05, 3.63) is 21.9 Å². The smallest absolute Gasteiger partial charge is 0.160 e. The average molecular weight is 225 g/mol. The first-order valence-electron chi connectivity index (χ1n) is 5.22. The van der Waals surface area contributed by atoms with Crippen LogP contribution in [0.4, 0.5) is 0 Å². The minimum Gasteiger partial charge on any atom is -0.379 e. The van der Waals surface area contributed by atoms with Crippen molar-refractivity contribution in [1.29, 1.82) is 0 Å². The number of hydrogen-bond donors (Lipinski definition) is 0. The molecule has 1 aromatic heterocycles. The number of ether oxygens (including phenoxy) is 1. The molecule has 0 unspecified atom stereocenters. The van der Waals surface area contributed by atoms with E-state index in [-0.39, 0.29) is 0 Å². The van der Waals surface area contributed by atoms with Gasteiger partial charge in [-0.3, -0.25) is 9.69 Å². The molecule has 0 aliphatic carbocycles. The second kappa shape index (κ2) is 5.39. The summed E-state index contributed by atoms with van der Waals surface area (Å²) in [6, 6.07) is 2.05. The molecule has 0 spiro atoms.